The van der Waals surface area contributed by atoms with Gasteiger partial charge in [-0.3, -0.25) is 4.90 Å². The molecule has 1 fully saturated rings. The summed E-state index contributed by atoms with van der Waals surface area (Å²) in [6, 6.07) is 8.74. The third-order valence-electron chi connectivity index (χ3n) is 5.40. The highest BCUT2D eigenvalue weighted by atomic mass is 16.5. The summed E-state index contributed by atoms with van der Waals surface area (Å²) in [5.41, 5.74) is 2.29. The molecule has 0 amide bonds. The molecule has 1 atom stereocenters. The van der Waals surface area contributed by atoms with Gasteiger partial charge in [0, 0.05) is 31.1 Å². The van der Waals surface area contributed by atoms with E-state index in [1.54, 1.807) is 19.6 Å². The molecule has 1 aromatic carbocycles. The van der Waals surface area contributed by atoms with E-state index in [2.05, 4.69) is 38.8 Å². The number of aryl methyl sites for hydroxylation is 1. The van der Waals surface area contributed by atoms with E-state index in [0.29, 0.717) is 6.04 Å². The summed E-state index contributed by atoms with van der Waals surface area (Å²) in [6.45, 7) is 6.30. The topological polar surface area (TPSA) is 54.6 Å². The van der Waals surface area contributed by atoms with Crippen LogP contribution in [0.15, 0.2) is 47.5 Å². The van der Waals surface area contributed by atoms with Gasteiger partial charge in [-0.05, 0) is 37.9 Å². The molecule has 0 saturated carbocycles. The first-order valence-corrected chi connectivity index (χ1v) is 9.54. The van der Waals surface area contributed by atoms with Crippen molar-refractivity contribution in [2.75, 3.05) is 38.2 Å². The lowest BCUT2D eigenvalue weighted by atomic mass is 10.1. The van der Waals surface area contributed by atoms with Gasteiger partial charge in [-0.25, -0.2) is 9.97 Å². The molecule has 27 heavy (non-hydrogen) atoms. The van der Waals surface area contributed by atoms with Gasteiger partial charge in [-0.15, -0.1) is 0 Å². The summed E-state index contributed by atoms with van der Waals surface area (Å²) in [5.74, 6) is 1.63. The Hall–Kier alpha value is -2.60. The molecule has 1 aliphatic rings. The van der Waals surface area contributed by atoms with Crippen LogP contribution in [0.2, 0.25) is 0 Å². The molecule has 0 spiro atoms. The Morgan fingerprint density at radius 3 is 3.00 bits per heavy atom. The smallest absolute Gasteiger partial charge is 0.179 e. The Morgan fingerprint density at radius 2 is 2.15 bits per heavy atom. The van der Waals surface area contributed by atoms with Crippen molar-refractivity contribution >= 4 is 16.8 Å². The third kappa shape index (κ3) is 3.76. The van der Waals surface area contributed by atoms with E-state index < -0.39 is 0 Å². The largest absolute Gasteiger partial charge is 0.491 e. The standard InChI is InChI=1S/C21H26N4O2/c1-16-13-25(21-20(26-2)12-22-15-23-21)11-10-24(16)9-5-6-17-14-27-19-8-4-3-7-18(17)19/h3-4,7-8,12,14-16H,5-6,9-11,13H2,1-2H3. The Balaban J connectivity index is 1.32. The SMILES string of the molecule is COc1cncnc1N1CCN(CCCc2coc3ccccc23)C(C)C1. The van der Waals surface area contributed by atoms with Crippen LogP contribution in [0.1, 0.15) is 18.9 Å². The van der Waals surface area contributed by atoms with E-state index in [4.69, 9.17) is 9.15 Å². The van der Waals surface area contributed by atoms with Crippen molar-refractivity contribution in [3.8, 4) is 5.75 Å². The van der Waals surface area contributed by atoms with Crippen molar-refractivity contribution in [2.45, 2.75) is 25.8 Å². The van der Waals surface area contributed by atoms with Gasteiger partial charge in [0.15, 0.2) is 11.6 Å². The minimum absolute atomic E-state index is 0.472. The summed E-state index contributed by atoms with van der Waals surface area (Å²) in [7, 11) is 1.67. The monoisotopic (exact) mass is 366 g/mol. The molecule has 2 aromatic heterocycles. The van der Waals surface area contributed by atoms with Crippen LogP contribution in [0, 0.1) is 0 Å². The van der Waals surface area contributed by atoms with Crippen LogP contribution in [0.4, 0.5) is 5.82 Å². The third-order valence-corrected chi connectivity index (χ3v) is 5.40. The number of methoxy groups -OCH3 is 1. The highest BCUT2D eigenvalue weighted by Crippen LogP contribution is 2.26. The maximum atomic E-state index is 5.65. The number of nitrogens with zero attached hydrogens (tertiary/aromatic N) is 4. The van der Waals surface area contributed by atoms with Crippen LogP contribution in [0.3, 0.4) is 0 Å². The lowest BCUT2D eigenvalue weighted by Gasteiger charge is -2.40. The van der Waals surface area contributed by atoms with E-state index in [-0.39, 0.29) is 0 Å². The number of anilines is 1. The summed E-state index contributed by atoms with van der Waals surface area (Å²) < 4.78 is 11.1. The molecule has 6 heteroatoms. The first-order chi connectivity index (χ1) is 13.3. The molecule has 4 rings (SSSR count). The second-order valence-corrected chi connectivity index (χ2v) is 7.11. The molecular formula is C21H26N4O2. The van der Waals surface area contributed by atoms with Crippen molar-refractivity contribution in [2.24, 2.45) is 0 Å². The van der Waals surface area contributed by atoms with Gasteiger partial charge >= 0.3 is 0 Å². The molecule has 0 radical (unpaired) electrons. The van der Waals surface area contributed by atoms with Crippen molar-refractivity contribution in [3.63, 3.8) is 0 Å². The highest BCUT2D eigenvalue weighted by molar-refractivity contribution is 5.80. The fourth-order valence-electron chi connectivity index (χ4n) is 3.91. The van der Waals surface area contributed by atoms with Crippen LogP contribution in [0.5, 0.6) is 5.75 Å². The van der Waals surface area contributed by atoms with Crippen LogP contribution in [0.25, 0.3) is 11.0 Å². The molecule has 0 aliphatic carbocycles. The molecule has 0 N–H and O–H groups in total. The van der Waals surface area contributed by atoms with Crippen molar-refractivity contribution in [3.05, 3.63) is 48.6 Å². The number of hydrogen-bond donors (Lipinski definition) is 0. The van der Waals surface area contributed by atoms with E-state index in [0.717, 1.165) is 56.2 Å². The van der Waals surface area contributed by atoms with E-state index in [1.165, 1.54) is 10.9 Å². The number of para-hydroxylation sites is 1. The second-order valence-electron chi connectivity index (χ2n) is 7.11. The van der Waals surface area contributed by atoms with Gasteiger partial charge in [0.25, 0.3) is 0 Å². The van der Waals surface area contributed by atoms with Gasteiger partial charge < -0.3 is 14.1 Å². The first-order valence-electron chi connectivity index (χ1n) is 9.54. The predicted octanol–water partition coefficient (Wildman–Crippen LogP) is 3.37. The van der Waals surface area contributed by atoms with E-state index in [1.807, 2.05) is 18.4 Å². The maximum Gasteiger partial charge on any atom is 0.179 e. The normalized spacial score (nSPS) is 18.1. The quantitative estimate of drug-likeness (QED) is 0.667. The second kappa shape index (κ2) is 7.96. The lowest BCUT2D eigenvalue weighted by molar-refractivity contribution is 0.186. The van der Waals surface area contributed by atoms with Gasteiger partial charge in [0.1, 0.15) is 11.9 Å². The minimum atomic E-state index is 0.472. The summed E-state index contributed by atoms with van der Waals surface area (Å²) in [4.78, 5) is 13.3. The molecule has 142 valence electrons. The number of rotatable bonds is 6. The molecule has 1 unspecified atom stereocenters. The van der Waals surface area contributed by atoms with Crippen molar-refractivity contribution < 1.29 is 9.15 Å². The average molecular weight is 366 g/mol. The molecule has 1 aliphatic heterocycles. The molecule has 0 bridgehead atoms. The number of benzene rings is 1. The van der Waals surface area contributed by atoms with E-state index >= 15 is 0 Å². The molecular weight excluding hydrogens is 340 g/mol. The summed E-state index contributed by atoms with van der Waals surface area (Å²) in [6.07, 6.45) is 7.40. The molecule has 6 nitrogen and oxygen atoms in total. The van der Waals surface area contributed by atoms with Gasteiger partial charge in [-0.2, -0.15) is 0 Å². The lowest BCUT2D eigenvalue weighted by Crippen LogP contribution is -2.52. The average Bonchev–Trinajstić information content (AvgIpc) is 3.12. The fraction of sp³-hybridized carbons (Fsp3) is 0.429. The van der Waals surface area contributed by atoms with E-state index in [9.17, 15) is 0 Å². The predicted molar refractivity (Wildman–Crippen MR) is 106 cm³/mol. The first kappa shape index (κ1) is 17.8. The maximum absolute atomic E-state index is 5.65. The molecule has 1 saturated heterocycles. The molecule has 3 heterocycles. The molecule has 3 aromatic rings. The Kier molecular flexibility index (Phi) is 5.25. The number of ether oxygens (including phenoxy) is 1. The van der Waals surface area contributed by atoms with Gasteiger partial charge in [0.2, 0.25) is 0 Å². The number of hydrogen-bond acceptors (Lipinski definition) is 6. The highest BCUT2D eigenvalue weighted by Gasteiger charge is 2.26. The Morgan fingerprint density at radius 1 is 1.26 bits per heavy atom. The Labute approximate surface area is 159 Å². The summed E-state index contributed by atoms with van der Waals surface area (Å²) in [5, 5.41) is 1.24. The van der Waals surface area contributed by atoms with Crippen molar-refractivity contribution in [1.29, 1.82) is 0 Å². The number of aromatic nitrogens is 2. The van der Waals surface area contributed by atoms with Gasteiger partial charge in [-0.1, -0.05) is 18.2 Å². The Bertz CT molecular complexity index is 895. The van der Waals surface area contributed by atoms with Crippen molar-refractivity contribution in [1.82, 2.24) is 14.9 Å². The minimum Gasteiger partial charge on any atom is -0.491 e. The number of fused-ring (bicyclic) bond motifs is 1. The van der Waals surface area contributed by atoms with Crippen LogP contribution in [-0.2, 0) is 6.42 Å². The number of furan rings is 1. The zero-order valence-corrected chi connectivity index (χ0v) is 16.0. The van der Waals surface area contributed by atoms with Crippen LogP contribution in [-0.4, -0.2) is 54.2 Å². The van der Waals surface area contributed by atoms with Crippen LogP contribution >= 0.6 is 0 Å². The zero-order valence-electron chi connectivity index (χ0n) is 16.0. The van der Waals surface area contributed by atoms with Gasteiger partial charge in [0.05, 0.1) is 19.6 Å². The van der Waals surface area contributed by atoms with Crippen LogP contribution < -0.4 is 9.64 Å². The summed E-state index contributed by atoms with van der Waals surface area (Å²) >= 11 is 0. The number of piperazine rings is 1. The zero-order chi connectivity index (χ0) is 18.6. The fourth-order valence-corrected chi connectivity index (χ4v) is 3.91.